The van der Waals surface area contributed by atoms with Crippen LogP contribution in [0.1, 0.15) is 58.6 Å². The lowest BCUT2D eigenvalue weighted by atomic mass is 9.93. The van der Waals surface area contributed by atoms with Gasteiger partial charge in [0.25, 0.3) is 5.91 Å². The predicted molar refractivity (Wildman–Crippen MR) is 162 cm³/mol. The number of ketones is 1. The van der Waals surface area contributed by atoms with Crippen molar-refractivity contribution < 1.29 is 19.1 Å². The normalized spacial score (nSPS) is 15.5. The maximum absolute atomic E-state index is 13.9. The van der Waals surface area contributed by atoms with Crippen molar-refractivity contribution in [3.8, 4) is 0 Å². The summed E-state index contributed by atoms with van der Waals surface area (Å²) in [6.07, 6.45) is 0. The Morgan fingerprint density at radius 1 is 1.05 bits per heavy atom. The van der Waals surface area contributed by atoms with Crippen LogP contribution in [0.5, 0.6) is 0 Å². The molecule has 41 heavy (non-hydrogen) atoms. The second-order valence-corrected chi connectivity index (χ2v) is 12.4. The van der Waals surface area contributed by atoms with Gasteiger partial charge in [0.1, 0.15) is 5.58 Å². The van der Waals surface area contributed by atoms with Gasteiger partial charge in [-0.3, -0.25) is 14.5 Å². The van der Waals surface area contributed by atoms with E-state index in [9.17, 15) is 14.7 Å². The van der Waals surface area contributed by atoms with Gasteiger partial charge in [0.05, 0.1) is 11.6 Å². The molecule has 7 nitrogen and oxygen atoms in total. The Balaban J connectivity index is 1.36. The average Bonchev–Trinajstić information content (AvgIpc) is 3.69. The van der Waals surface area contributed by atoms with Crippen LogP contribution < -0.4 is 4.90 Å². The van der Waals surface area contributed by atoms with Crippen molar-refractivity contribution in [1.29, 1.82) is 0 Å². The molecule has 1 unspecified atom stereocenters. The first-order valence-corrected chi connectivity index (χ1v) is 15.0. The highest BCUT2D eigenvalue weighted by Gasteiger charge is 2.46. The third kappa shape index (κ3) is 5.18. The highest BCUT2D eigenvalue weighted by molar-refractivity contribution is 8.00. The topological polar surface area (TPSA) is 96.5 Å². The van der Waals surface area contributed by atoms with Crippen LogP contribution in [0.15, 0.2) is 99.0 Å². The molecule has 2 aromatic heterocycles. The summed E-state index contributed by atoms with van der Waals surface area (Å²) < 4.78 is 6.51. The Kier molecular flexibility index (Phi) is 7.23. The van der Waals surface area contributed by atoms with E-state index in [4.69, 9.17) is 4.42 Å². The van der Waals surface area contributed by atoms with E-state index in [2.05, 4.69) is 48.3 Å². The first kappa shape index (κ1) is 27.0. The lowest BCUT2D eigenvalue weighted by molar-refractivity contribution is -0.117. The minimum atomic E-state index is -0.896. The number of para-hydroxylation sites is 1. The molecule has 9 heteroatoms. The molecule has 1 atom stereocenters. The summed E-state index contributed by atoms with van der Waals surface area (Å²) in [6.45, 7) is 6.24. The molecule has 1 N–H and O–H groups in total. The summed E-state index contributed by atoms with van der Waals surface area (Å²) in [6, 6.07) is 24.0. The molecule has 0 fully saturated rings. The van der Waals surface area contributed by atoms with Gasteiger partial charge in [-0.25, -0.2) is 0 Å². The number of fused-ring (bicyclic) bond motifs is 1. The molecule has 6 rings (SSSR count). The largest absolute Gasteiger partial charge is 0.503 e. The van der Waals surface area contributed by atoms with Crippen molar-refractivity contribution in [3.63, 3.8) is 0 Å². The molecule has 0 bridgehead atoms. The SMILES string of the molecule is Cc1ccc(CSc2nnc(N3C(=O)C(O)=C(C(=O)c4cc5ccccc5o4)C3c3ccc(C(C)C)cc3)s2)cc1. The Morgan fingerprint density at radius 3 is 2.49 bits per heavy atom. The zero-order chi connectivity index (χ0) is 28.7. The summed E-state index contributed by atoms with van der Waals surface area (Å²) >= 11 is 2.77. The zero-order valence-corrected chi connectivity index (χ0v) is 24.3. The number of rotatable bonds is 8. The van der Waals surface area contributed by atoms with Crippen molar-refractivity contribution >= 4 is 50.9 Å². The van der Waals surface area contributed by atoms with Crippen LogP contribution in [0.4, 0.5) is 5.13 Å². The first-order valence-electron chi connectivity index (χ1n) is 13.2. The van der Waals surface area contributed by atoms with Crippen molar-refractivity contribution in [2.45, 2.75) is 42.8 Å². The second-order valence-electron chi connectivity index (χ2n) is 10.3. The number of aliphatic hydroxyl groups is 1. The summed E-state index contributed by atoms with van der Waals surface area (Å²) in [5.74, 6) is -0.806. The number of benzene rings is 3. The van der Waals surface area contributed by atoms with E-state index in [0.717, 1.165) is 16.5 Å². The number of anilines is 1. The van der Waals surface area contributed by atoms with Gasteiger partial charge in [0.2, 0.25) is 10.9 Å². The third-order valence-corrected chi connectivity index (χ3v) is 9.23. The van der Waals surface area contributed by atoms with Crippen LogP contribution in [-0.2, 0) is 10.5 Å². The van der Waals surface area contributed by atoms with Crippen LogP contribution in [0.25, 0.3) is 11.0 Å². The molecule has 0 saturated carbocycles. The number of carbonyl (C=O) groups excluding carboxylic acids is 2. The molecular formula is C32H27N3O4S2. The minimum Gasteiger partial charge on any atom is -0.503 e. The van der Waals surface area contributed by atoms with E-state index in [0.29, 0.717) is 32.3 Å². The molecule has 0 radical (unpaired) electrons. The summed E-state index contributed by atoms with van der Waals surface area (Å²) in [4.78, 5) is 28.8. The van der Waals surface area contributed by atoms with Crippen LogP contribution in [0.3, 0.4) is 0 Å². The molecular weight excluding hydrogens is 555 g/mol. The van der Waals surface area contributed by atoms with Gasteiger partial charge in [-0.15, -0.1) is 10.2 Å². The fraction of sp³-hybridized carbons (Fsp3) is 0.188. The maximum atomic E-state index is 13.9. The summed E-state index contributed by atoms with van der Waals surface area (Å²) in [5.41, 5.74) is 4.64. The highest BCUT2D eigenvalue weighted by atomic mass is 32.2. The van der Waals surface area contributed by atoms with Crippen molar-refractivity contribution in [1.82, 2.24) is 10.2 Å². The smallest absolute Gasteiger partial charge is 0.296 e. The van der Waals surface area contributed by atoms with Gasteiger partial charge in [-0.1, -0.05) is 109 Å². The average molecular weight is 582 g/mol. The monoisotopic (exact) mass is 581 g/mol. The number of hydrogen-bond donors (Lipinski definition) is 1. The number of aryl methyl sites for hydroxylation is 1. The Morgan fingerprint density at radius 2 is 1.78 bits per heavy atom. The van der Waals surface area contributed by atoms with E-state index in [1.54, 1.807) is 12.1 Å². The molecule has 0 spiro atoms. The first-order chi connectivity index (χ1) is 19.8. The van der Waals surface area contributed by atoms with Gasteiger partial charge in [0.15, 0.2) is 15.9 Å². The predicted octanol–water partition coefficient (Wildman–Crippen LogP) is 7.79. The number of furan rings is 1. The van der Waals surface area contributed by atoms with E-state index >= 15 is 0 Å². The Labute approximate surface area is 245 Å². The van der Waals surface area contributed by atoms with E-state index in [1.807, 2.05) is 49.4 Å². The molecule has 1 amide bonds. The number of hydrogen-bond acceptors (Lipinski definition) is 8. The number of aliphatic hydroxyl groups excluding tert-OH is 1. The van der Waals surface area contributed by atoms with Gasteiger partial charge < -0.3 is 9.52 Å². The van der Waals surface area contributed by atoms with Crippen molar-refractivity contribution in [3.05, 3.63) is 118 Å². The molecule has 5 aromatic rings. The van der Waals surface area contributed by atoms with Crippen molar-refractivity contribution in [2.24, 2.45) is 0 Å². The molecule has 0 aliphatic carbocycles. The summed E-state index contributed by atoms with van der Waals surface area (Å²) in [7, 11) is 0. The molecule has 3 aromatic carbocycles. The van der Waals surface area contributed by atoms with Gasteiger partial charge >= 0.3 is 0 Å². The minimum absolute atomic E-state index is 0.0459. The molecule has 3 heterocycles. The quantitative estimate of drug-likeness (QED) is 0.113. The van der Waals surface area contributed by atoms with Crippen LogP contribution in [0.2, 0.25) is 0 Å². The Hall–Kier alpha value is -4.21. The maximum Gasteiger partial charge on any atom is 0.296 e. The van der Waals surface area contributed by atoms with Crippen LogP contribution >= 0.6 is 23.1 Å². The van der Waals surface area contributed by atoms with Crippen LogP contribution in [0, 0.1) is 6.92 Å². The van der Waals surface area contributed by atoms with Gasteiger partial charge in [0, 0.05) is 11.1 Å². The van der Waals surface area contributed by atoms with Crippen molar-refractivity contribution in [2.75, 3.05) is 4.90 Å². The number of carbonyl (C=O) groups is 2. The second kappa shape index (κ2) is 11.0. The van der Waals surface area contributed by atoms with Gasteiger partial charge in [-0.05, 0) is 41.7 Å². The number of thioether (sulfide) groups is 1. The van der Waals surface area contributed by atoms with E-state index in [-0.39, 0.29) is 11.3 Å². The standard InChI is InChI=1S/C32H27N3O4S2/c1-18(2)21-12-14-22(15-13-21)27-26(28(36)25-16-23-6-4-5-7-24(23)39-25)29(37)30(38)35(27)31-33-34-32(41-31)40-17-20-10-8-19(3)9-11-20/h4-16,18,27,37H,17H2,1-3H3. The number of amides is 1. The van der Waals surface area contributed by atoms with E-state index < -0.39 is 23.5 Å². The highest BCUT2D eigenvalue weighted by Crippen LogP contribution is 2.44. The fourth-order valence-corrected chi connectivity index (χ4v) is 6.65. The lowest BCUT2D eigenvalue weighted by Gasteiger charge is -2.24. The third-order valence-electron chi connectivity index (χ3n) is 7.11. The number of aromatic nitrogens is 2. The Bertz CT molecular complexity index is 1750. The van der Waals surface area contributed by atoms with E-state index in [1.165, 1.54) is 33.6 Å². The lowest BCUT2D eigenvalue weighted by Crippen LogP contribution is -2.31. The number of nitrogens with zero attached hydrogens (tertiary/aromatic N) is 3. The molecule has 206 valence electrons. The van der Waals surface area contributed by atoms with Crippen LogP contribution in [-0.4, -0.2) is 27.0 Å². The zero-order valence-electron chi connectivity index (χ0n) is 22.7. The molecule has 1 aliphatic heterocycles. The fourth-order valence-electron chi connectivity index (χ4n) is 4.83. The molecule has 1 aliphatic rings. The van der Waals surface area contributed by atoms with Gasteiger partial charge in [-0.2, -0.15) is 0 Å². The molecule has 0 saturated heterocycles. The summed E-state index contributed by atoms with van der Waals surface area (Å²) in [5, 5.41) is 20.8. The number of Topliss-reactive ketones (excluding diaryl/α,β-unsaturated/α-hetero) is 1.